The molecule has 2 fully saturated rings. The summed E-state index contributed by atoms with van der Waals surface area (Å²) in [6.45, 7) is 1.29. The van der Waals surface area contributed by atoms with Crippen LogP contribution in [0, 0.1) is 5.92 Å². The van der Waals surface area contributed by atoms with Crippen LogP contribution >= 0.6 is 0 Å². The SMILES string of the molecule is O=C(OCc1ccccc1)N1CC(CN2C(=O)COC2=O)C1. The van der Waals surface area contributed by atoms with E-state index in [-0.39, 0.29) is 31.1 Å². The standard InChI is InChI=1S/C15H16N2O5/c18-13-10-22-15(20)17(13)8-12-6-16(7-12)14(19)21-9-11-4-2-1-3-5-11/h1-5,12H,6-10H2. The maximum absolute atomic E-state index is 11.8. The van der Waals surface area contributed by atoms with Crippen LogP contribution in [0.15, 0.2) is 30.3 Å². The third kappa shape index (κ3) is 3.03. The second kappa shape index (κ2) is 6.05. The molecular weight excluding hydrogens is 288 g/mol. The molecule has 7 heteroatoms. The first-order valence-corrected chi connectivity index (χ1v) is 7.06. The zero-order chi connectivity index (χ0) is 15.5. The van der Waals surface area contributed by atoms with Gasteiger partial charge in [0.05, 0.1) is 0 Å². The zero-order valence-corrected chi connectivity index (χ0v) is 11.9. The number of carbonyl (C=O) groups is 3. The predicted octanol–water partition coefficient (Wildman–Crippen LogP) is 1.23. The molecule has 0 aromatic heterocycles. The van der Waals surface area contributed by atoms with E-state index in [1.54, 1.807) is 4.90 Å². The van der Waals surface area contributed by atoms with E-state index in [0.717, 1.165) is 10.5 Å². The lowest BCUT2D eigenvalue weighted by atomic mass is 10.0. The zero-order valence-electron chi connectivity index (χ0n) is 11.9. The maximum Gasteiger partial charge on any atom is 0.417 e. The van der Waals surface area contributed by atoms with Gasteiger partial charge in [-0.1, -0.05) is 30.3 Å². The molecule has 0 spiro atoms. The summed E-state index contributed by atoms with van der Waals surface area (Å²) in [4.78, 5) is 37.2. The van der Waals surface area contributed by atoms with Gasteiger partial charge in [0.1, 0.15) is 6.61 Å². The number of hydrogen-bond donors (Lipinski definition) is 0. The molecule has 3 rings (SSSR count). The van der Waals surface area contributed by atoms with Gasteiger partial charge in [-0.2, -0.15) is 0 Å². The highest BCUT2D eigenvalue weighted by molar-refractivity contribution is 5.97. The van der Waals surface area contributed by atoms with Gasteiger partial charge in [0.15, 0.2) is 6.61 Å². The van der Waals surface area contributed by atoms with Crippen molar-refractivity contribution >= 4 is 18.1 Å². The Morgan fingerprint density at radius 3 is 2.59 bits per heavy atom. The molecule has 3 amide bonds. The van der Waals surface area contributed by atoms with Crippen molar-refractivity contribution in [1.29, 1.82) is 0 Å². The van der Waals surface area contributed by atoms with Gasteiger partial charge >= 0.3 is 12.2 Å². The summed E-state index contributed by atoms with van der Waals surface area (Å²) in [6, 6.07) is 9.44. The summed E-state index contributed by atoms with van der Waals surface area (Å²) in [5, 5.41) is 0. The van der Waals surface area contributed by atoms with Crippen molar-refractivity contribution in [2.75, 3.05) is 26.2 Å². The van der Waals surface area contributed by atoms with E-state index >= 15 is 0 Å². The van der Waals surface area contributed by atoms with Crippen LogP contribution in [0.25, 0.3) is 0 Å². The molecule has 1 aromatic carbocycles. The molecule has 2 saturated heterocycles. The Labute approximate surface area is 127 Å². The van der Waals surface area contributed by atoms with Crippen molar-refractivity contribution in [1.82, 2.24) is 9.80 Å². The first-order valence-electron chi connectivity index (χ1n) is 7.06. The normalized spacial score (nSPS) is 18.2. The van der Waals surface area contributed by atoms with Crippen LogP contribution in [-0.2, 0) is 20.9 Å². The van der Waals surface area contributed by atoms with Crippen LogP contribution in [-0.4, -0.2) is 54.1 Å². The van der Waals surface area contributed by atoms with Gasteiger partial charge in [-0.3, -0.25) is 4.79 Å². The lowest BCUT2D eigenvalue weighted by Gasteiger charge is -2.39. The highest BCUT2D eigenvalue weighted by atomic mass is 16.6. The van der Waals surface area contributed by atoms with Crippen LogP contribution < -0.4 is 0 Å². The quantitative estimate of drug-likeness (QED) is 0.836. The molecule has 7 nitrogen and oxygen atoms in total. The number of likely N-dealkylation sites (tertiary alicyclic amines) is 1. The summed E-state index contributed by atoms with van der Waals surface area (Å²) in [5.41, 5.74) is 0.929. The van der Waals surface area contributed by atoms with E-state index in [1.807, 2.05) is 30.3 Å². The fraction of sp³-hybridized carbons (Fsp3) is 0.400. The molecule has 22 heavy (non-hydrogen) atoms. The Morgan fingerprint density at radius 1 is 1.23 bits per heavy atom. The molecule has 1 aromatic rings. The molecule has 0 bridgehead atoms. The van der Waals surface area contributed by atoms with Crippen molar-refractivity contribution in [3.05, 3.63) is 35.9 Å². The van der Waals surface area contributed by atoms with Crippen molar-refractivity contribution in [2.24, 2.45) is 5.92 Å². The first kappa shape index (κ1) is 14.4. The number of ether oxygens (including phenoxy) is 2. The lowest BCUT2D eigenvalue weighted by molar-refractivity contribution is -0.126. The van der Waals surface area contributed by atoms with Crippen LogP contribution in [0.3, 0.4) is 0 Å². The van der Waals surface area contributed by atoms with E-state index < -0.39 is 6.09 Å². The van der Waals surface area contributed by atoms with Gasteiger partial charge in [-0.15, -0.1) is 0 Å². The molecule has 0 aliphatic carbocycles. The van der Waals surface area contributed by atoms with Gasteiger partial charge < -0.3 is 14.4 Å². The largest absolute Gasteiger partial charge is 0.445 e. The first-order chi connectivity index (χ1) is 10.6. The molecule has 2 aliphatic rings. The summed E-state index contributed by atoms with van der Waals surface area (Å²) < 4.78 is 9.85. The van der Waals surface area contributed by atoms with Crippen molar-refractivity contribution in [2.45, 2.75) is 6.61 Å². The minimum absolute atomic E-state index is 0.0823. The minimum atomic E-state index is -0.602. The highest BCUT2D eigenvalue weighted by Gasteiger charge is 2.38. The maximum atomic E-state index is 11.8. The number of cyclic esters (lactones) is 1. The van der Waals surface area contributed by atoms with Crippen LogP contribution in [0.5, 0.6) is 0 Å². The molecule has 0 atom stereocenters. The summed E-state index contributed by atoms with van der Waals surface area (Å²) in [7, 11) is 0. The van der Waals surface area contributed by atoms with Crippen LogP contribution in [0.2, 0.25) is 0 Å². The van der Waals surface area contributed by atoms with E-state index in [2.05, 4.69) is 4.74 Å². The third-order valence-electron chi connectivity index (χ3n) is 3.70. The average molecular weight is 304 g/mol. The monoisotopic (exact) mass is 304 g/mol. The Balaban J connectivity index is 1.40. The fourth-order valence-electron chi connectivity index (χ4n) is 2.46. The molecular formula is C15H16N2O5. The summed E-state index contributed by atoms with van der Waals surface area (Å²) in [5.74, 6) is -0.242. The predicted molar refractivity (Wildman–Crippen MR) is 74.8 cm³/mol. The average Bonchev–Trinajstić information content (AvgIpc) is 2.80. The highest BCUT2D eigenvalue weighted by Crippen LogP contribution is 2.20. The van der Waals surface area contributed by atoms with Gasteiger partial charge in [0, 0.05) is 25.6 Å². The van der Waals surface area contributed by atoms with Gasteiger partial charge in [-0.05, 0) is 5.56 Å². The Morgan fingerprint density at radius 2 is 1.95 bits per heavy atom. The molecule has 0 unspecified atom stereocenters. The third-order valence-corrected chi connectivity index (χ3v) is 3.70. The second-order valence-electron chi connectivity index (χ2n) is 5.37. The second-order valence-corrected chi connectivity index (χ2v) is 5.37. The number of imide groups is 1. The molecule has 2 aliphatic heterocycles. The molecule has 0 N–H and O–H groups in total. The molecule has 2 heterocycles. The van der Waals surface area contributed by atoms with E-state index in [4.69, 9.17) is 4.74 Å². The van der Waals surface area contributed by atoms with E-state index in [0.29, 0.717) is 19.6 Å². The van der Waals surface area contributed by atoms with Crippen molar-refractivity contribution in [3.8, 4) is 0 Å². The Bertz CT molecular complexity index is 567. The number of carbonyl (C=O) groups excluding carboxylic acids is 3. The van der Waals surface area contributed by atoms with Crippen molar-refractivity contribution in [3.63, 3.8) is 0 Å². The number of nitrogens with zero attached hydrogens (tertiary/aromatic N) is 2. The number of benzene rings is 1. The van der Waals surface area contributed by atoms with Crippen molar-refractivity contribution < 1.29 is 23.9 Å². The van der Waals surface area contributed by atoms with Crippen LogP contribution in [0.4, 0.5) is 9.59 Å². The van der Waals surface area contributed by atoms with Gasteiger partial charge in [0.25, 0.3) is 5.91 Å². The fourth-order valence-corrected chi connectivity index (χ4v) is 2.46. The molecule has 0 radical (unpaired) electrons. The smallest absolute Gasteiger partial charge is 0.417 e. The summed E-state index contributed by atoms with van der Waals surface area (Å²) >= 11 is 0. The number of amides is 3. The van der Waals surface area contributed by atoms with E-state index in [1.165, 1.54) is 0 Å². The number of hydrogen-bond acceptors (Lipinski definition) is 5. The van der Waals surface area contributed by atoms with Crippen LogP contribution in [0.1, 0.15) is 5.56 Å². The molecule has 0 saturated carbocycles. The summed E-state index contributed by atoms with van der Waals surface area (Å²) in [6.07, 6.45) is -0.981. The number of rotatable bonds is 4. The van der Waals surface area contributed by atoms with E-state index in [9.17, 15) is 14.4 Å². The lowest BCUT2D eigenvalue weighted by Crippen LogP contribution is -2.54. The molecule has 116 valence electrons. The topological polar surface area (TPSA) is 76.2 Å². The minimum Gasteiger partial charge on any atom is -0.445 e. The van der Waals surface area contributed by atoms with Gasteiger partial charge in [0.2, 0.25) is 0 Å². The Kier molecular flexibility index (Phi) is 3.95. The Hall–Kier alpha value is -2.57. The van der Waals surface area contributed by atoms with Gasteiger partial charge in [-0.25, -0.2) is 14.5 Å².